The molecule has 23 heavy (non-hydrogen) atoms. The lowest BCUT2D eigenvalue weighted by Gasteiger charge is -2.09. The predicted octanol–water partition coefficient (Wildman–Crippen LogP) is 2.74. The fourth-order valence-electron chi connectivity index (χ4n) is 2.38. The van der Waals surface area contributed by atoms with E-state index in [-0.39, 0.29) is 5.91 Å². The van der Waals surface area contributed by atoms with Crippen molar-refractivity contribution in [3.05, 3.63) is 47.6 Å². The summed E-state index contributed by atoms with van der Waals surface area (Å²) in [6, 6.07) is 10.00. The largest absolute Gasteiger partial charge is 0.351 e. The molecule has 5 nitrogen and oxygen atoms in total. The van der Waals surface area contributed by atoms with Gasteiger partial charge in [-0.1, -0.05) is 30.3 Å². The number of carbonyl (C=O) groups is 1. The number of rotatable bonds is 6. The van der Waals surface area contributed by atoms with Crippen molar-refractivity contribution in [3.63, 3.8) is 0 Å². The fraction of sp³-hybridized carbons (Fsp3) is 0.294. The molecule has 2 aromatic heterocycles. The predicted molar refractivity (Wildman–Crippen MR) is 94.0 cm³/mol. The van der Waals surface area contributed by atoms with Crippen molar-refractivity contribution in [2.75, 3.05) is 27.2 Å². The summed E-state index contributed by atoms with van der Waals surface area (Å²) in [4.78, 5) is 19.9. The quantitative estimate of drug-likeness (QED) is 0.708. The molecule has 0 spiro atoms. The SMILES string of the molecule is CN(C)CCCNC(=O)c1csc2nc(-c3ccccc3)cn12. The van der Waals surface area contributed by atoms with Crippen molar-refractivity contribution < 1.29 is 4.79 Å². The summed E-state index contributed by atoms with van der Waals surface area (Å²) in [6.07, 6.45) is 2.86. The molecular weight excluding hydrogens is 308 g/mol. The molecule has 0 bridgehead atoms. The number of thiazole rings is 1. The van der Waals surface area contributed by atoms with E-state index in [0.717, 1.165) is 29.2 Å². The highest BCUT2D eigenvalue weighted by Crippen LogP contribution is 2.23. The number of fused-ring (bicyclic) bond motifs is 1. The van der Waals surface area contributed by atoms with Crippen LogP contribution in [-0.4, -0.2) is 47.4 Å². The van der Waals surface area contributed by atoms with E-state index in [0.29, 0.717) is 12.2 Å². The second-order valence-corrected chi connectivity index (χ2v) is 6.51. The molecule has 3 rings (SSSR count). The first-order chi connectivity index (χ1) is 11.1. The molecule has 1 N–H and O–H groups in total. The van der Waals surface area contributed by atoms with Gasteiger partial charge in [0.25, 0.3) is 5.91 Å². The van der Waals surface area contributed by atoms with Crippen molar-refractivity contribution in [1.29, 1.82) is 0 Å². The Labute approximate surface area is 139 Å². The highest BCUT2D eigenvalue weighted by Gasteiger charge is 2.14. The molecule has 0 aliphatic rings. The molecule has 0 unspecified atom stereocenters. The summed E-state index contributed by atoms with van der Waals surface area (Å²) in [5.41, 5.74) is 2.59. The van der Waals surface area contributed by atoms with E-state index in [9.17, 15) is 4.79 Å². The Kier molecular flexibility index (Phi) is 4.73. The van der Waals surface area contributed by atoms with Crippen LogP contribution in [0.1, 0.15) is 16.9 Å². The summed E-state index contributed by atoms with van der Waals surface area (Å²) >= 11 is 1.48. The molecule has 0 saturated carbocycles. The van der Waals surface area contributed by atoms with E-state index >= 15 is 0 Å². The third-order valence-corrected chi connectivity index (χ3v) is 4.42. The number of imidazole rings is 1. The Bertz CT molecular complexity index is 791. The number of aromatic nitrogens is 2. The molecule has 1 aromatic carbocycles. The molecule has 0 fully saturated rings. The smallest absolute Gasteiger partial charge is 0.269 e. The van der Waals surface area contributed by atoms with Gasteiger partial charge in [0.1, 0.15) is 5.69 Å². The lowest BCUT2D eigenvalue weighted by atomic mass is 10.2. The van der Waals surface area contributed by atoms with Gasteiger partial charge in [0.2, 0.25) is 0 Å². The molecule has 0 saturated heterocycles. The Hall–Kier alpha value is -2.18. The Balaban J connectivity index is 1.74. The van der Waals surface area contributed by atoms with Gasteiger partial charge in [-0.3, -0.25) is 9.20 Å². The van der Waals surface area contributed by atoms with Crippen LogP contribution in [0, 0.1) is 0 Å². The molecule has 6 heteroatoms. The van der Waals surface area contributed by atoms with Gasteiger partial charge in [0.05, 0.1) is 5.69 Å². The van der Waals surface area contributed by atoms with Crippen LogP contribution in [0.25, 0.3) is 16.2 Å². The average Bonchev–Trinajstić information content (AvgIpc) is 3.12. The van der Waals surface area contributed by atoms with E-state index in [1.807, 2.05) is 60.4 Å². The molecule has 0 radical (unpaired) electrons. The molecule has 2 heterocycles. The molecule has 0 aliphatic carbocycles. The lowest BCUT2D eigenvalue weighted by Crippen LogP contribution is -2.27. The number of hydrogen-bond donors (Lipinski definition) is 1. The van der Waals surface area contributed by atoms with Crippen LogP contribution in [-0.2, 0) is 0 Å². The molecule has 0 aliphatic heterocycles. The summed E-state index contributed by atoms with van der Waals surface area (Å²) in [5, 5.41) is 4.83. The van der Waals surface area contributed by atoms with Crippen LogP contribution < -0.4 is 5.32 Å². The Morgan fingerprint density at radius 2 is 2.09 bits per heavy atom. The zero-order chi connectivity index (χ0) is 16.2. The maximum absolute atomic E-state index is 12.3. The van der Waals surface area contributed by atoms with E-state index in [1.165, 1.54) is 11.3 Å². The first-order valence-corrected chi connectivity index (χ1v) is 8.48. The first-order valence-electron chi connectivity index (χ1n) is 7.60. The fourth-order valence-corrected chi connectivity index (χ4v) is 3.24. The molecule has 120 valence electrons. The summed E-state index contributed by atoms with van der Waals surface area (Å²) in [5.74, 6) is -0.0491. The Morgan fingerprint density at radius 1 is 1.30 bits per heavy atom. The first kappa shape index (κ1) is 15.7. The van der Waals surface area contributed by atoms with Crippen LogP contribution in [0.15, 0.2) is 41.9 Å². The highest BCUT2D eigenvalue weighted by molar-refractivity contribution is 7.15. The topological polar surface area (TPSA) is 49.6 Å². The standard InChI is InChI=1S/C17H20N4OS/c1-20(2)10-6-9-18-16(22)15-12-23-17-19-14(11-21(15)17)13-7-4-3-5-8-13/h3-5,7-8,11-12H,6,9-10H2,1-2H3,(H,18,22). The van der Waals surface area contributed by atoms with Crippen LogP contribution in [0.4, 0.5) is 0 Å². The zero-order valence-corrected chi connectivity index (χ0v) is 14.1. The lowest BCUT2D eigenvalue weighted by molar-refractivity contribution is 0.0946. The van der Waals surface area contributed by atoms with Crippen LogP contribution in [0.3, 0.4) is 0 Å². The summed E-state index contributed by atoms with van der Waals surface area (Å²) < 4.78 is 1.87. The van der Waals surface area contributed by atoms with Crippen molar-refractivity contribution >= 4 is 22.2 Å². The molecular formula is C17H20N4OS. The van der Waals surface area contributed by atoms with Crippen LogP contribution in [0.2, 0.25) is 0 Å². The van der Waals surface area contributed by atoms with Gasteiger partial charge in [-0.05, 0) is 27.1 Å². The minimum Gasteiger partial charge on any atom is -0.351 e. The van der Waals surface area contributed by atoms with Crippen molar-refractivity contribution in [3.8, 4) is 11.3 Å². The number of benzene rings is 1. The van der Waals surface area contributed by atoms with Gasteiger partial charge in [0, 0.05) is 23.7 Å². The number of hydrogen-bond acceptors (Lipinski definition) is 4. The van der Waals surface area contributed by atoms with Gasteiger partial charge in [-0.25, -0.2) is 4.98 Å². The van der Waals surface area contributed by atoms with E-state index in [2.05, 4.69) is 15.2 Å². The van der Waals surface area contributed by atoms with Gasteiger partial charge < -0.3 is 10.2 Å². The van der Waals surface area contributed by atoms with Crippen LogP contribution >= 0.6 is 11.3 Å². The van der Waals surface area contributed by atoms with Gasteiger partial charge in [-0.2, -0.15) is 0 Å². The zero-order valence-electron chi connectivity index (χ0n) is 13.3. The summed E-state index contributed by atoms with van der Waals surface area (Å²) in [6.45, 7) is 1.64. The second-order valence-electron chi connectivity index (χ2n) is 5.68. The Morgan fingerprint density at radius 3 is 2.83 bits per heavy atom. The van der Waals surface area contributed by atoms with Gasteiger partial charge >= 0.3 is 0 Å². The number of nitrogens with one attached hydrogen (secondary N) is 1. The van der Waals surface area contributed by atoms with Gasteiger partial charge in [0.15, 0.2) is 4.96 Å². The maximum Gasteiger partial charge on any atom is 0.269 e. The molecule has 0 atom stereocenters. The monoisotopic (exact) mass is 328 g/mol. The van der Waals surface area contributed by atoms with Crippen LogP contribution in [0.5, 0.6) is 0 Å². The van der Waals surface area contributed by atoms with Gasteiger partial charge in [-0.15, -0.1) is 11.3 Å². The van der Waals surface area contributed by atoms with Crippen molar-refractivity contribution in [2.45, 2.75) is 6.42 Å². The maximum atomic E-state index is 12.3. The van der Waals surface area contributed by atoms with E-state index in [4.69, 9.17) is 0 Å². The number of carbonyl (C=O) groups excluding carboxylic acids is 1. The summed E-state index contributed by atoms with van der Waals surface area (Å²) in [7, 11) is 4.06. The highest BCUT2D eigenvalue weighted by atomic mass is 32.1. The van der Waals surface area contributed by atoms with Crippen molar-refractivity contribution in [1.82, 2.24) is 19.6 Å². The minimum atomic E-state index is -0.0491. The average molecular weight is 328 g/mol. The number of amides is 1. The minimum absolute atomic E-state index is 0.0491. The molecule has 3 aromatic rings. The number of nitrogens with zero attached hydrogens (tertiary/aromatic N) is 3. The normalized spacial score (nSPS) is 11.3. The third kappa shape index (κ3) is 3.60. The van der Waals surface area contributed by atoms with E-state index < -0.39 is 0 Å². The third-order valence-electron chi connectivity index (χ3n) is 3.58. The second kappa shape index (κ2) is 6.93. The van der Waals surface area contributed by atoms with Crippen molar-refractivity contribution in [2.24, 2.45) is 0 Å². The van der Waals surface area contributed by atoms with E-state index in [1.54, 1.807) is 0 Å². The molecule has 1 amide bonds.